The fraction of sp³-hybridized carbons (Fsp3) is 0.0526. The predicted molar refractivity (Wildman–Crippen MR) is 92.7 cm³/mol. The summed E-state index contributed by atoms with van der Waals surface area (Å²) in [4.78, 5) is 20.2. The van der Waals surface area contributed by atoms with Gasteiger partial charge in [-0.05, 0) is 30.7 Å². The number of para-hydroxylation sites is 2. The molecule has 0 aliphatic heterocycles. The predicted octanol–water partition coefficient (Wildman–Crippen LogP) is 4.28. The van der Waals surface area contributed by atoms with E-state index in [4.69, 9.17) is 0 Å². The van der Waals surface area contributed by atoms with Crippen molar-refractivity contribution in [2.45, 2.75) is 6.92 Å². The Morgan fingerprint density at radius 3 is 2.65 bits per heavy atom. The van der Waals surface area contributed by atoms with E-state index in [9.17, 15) is 4.79 Å². The van der Waals surface area contributed by atoms with Gasteiger partial charge in [-0.2, -0.15) is 0 Å². The van der Waals surface area contributed by atoms with Crippen LogP contribution in [0.15, 0.2) is 60.8 Å². The van der Waals surface area contributed by atoms with Gasteiger partial charge in [0.05, 0.1) is 11.2 Å². The number of hydrogen-bond acceptors (Lipinski definition) is 2. The van der Waals surface area contributed by atoms with E-state index in [1.54, 1.807) is 6.20 Å². The minimum absolute atomic E-state index is 0.205. The lowest BCUT2D eigenvalue weighted by molar-refractivity contribution is 0.102. The van der Waals surface area contributed by atoms with Crippen molar-refractivity contribution in [1.82, 2.24) is 9.97 Å². The topological polar surface area (TPSA) is 57.8 Å². The van der Waals surface area contributed by atoms with Crippen molar-refractivity contribution in [2.75, 3.05) is 5.32 Å². The Morgan fingerprint density at radius 2 is 1.78 bits per heavy atom. The molecule has 0 saturated carbocycles. The normalized spacial score (nSPS) is 11.0. The number of aromatic amines is 1. The van der Waals surface area contributed by atoms with E-state index < -0.39 is 0 Å². The monoisotopic (exact) mass is 301 g/mol. The standard InChI is InChI=1S/C19H15N3O/c1-12-10-17(21-16-9-5-2-6-13(12)16)19(23)22-18-11-20-15-8-4-3-7-14(15)18/h2-11,20H,1H3,(H,22,23). The molecule has 0 bridgehead atoms. The molecular weight excluding hydrogens is 286 g/mol. The third-order valence-electron chi connectivity index (χ3n) is 3.99. The van der Waals surface area contributed by atoms with Crippen LogP contribution in [0, 0.1) is 6.92 Å². The van der Waals surface area contributed by atoms with E-state index in [1.807, 2.05) is 61.5 Å². The molecular formula is C19H15N3O. The molecule has 0 spiro atoms. The quantitative estimate of drug-likeness (QED) is 0.580. The zero-order valence-corrected chi connectivity index (χ0v) is 12.6. The Morgan fingerprint density at radius 1 is 1.04 bits per heavy atom. The molecule has 4 nitrogen and oxygen atoms in total. The van der Waals surface area contributed by atoms with Gasteiger partial charge in [0.25, 0.3) is 5.91 Å². The average molecular weight is 301 g/mol. The number of carbonyl (C=O) groups excluding carboxylic acids is 1. The van der Waals surface area contributed by atoms with Crippen LogP contribution in [0.2, 0.25) is 0 Å². The highest BCUT2D eigenvalue weighted by atomic mass is 16.1. The van der Waals surface area contributed by atoms with Gasteiger partial charge in [-0.15, -0.1) is 0 Å². The molecule has 0 atom stereocenters. The molecule has 2 heterocycles. The van der Waals surface area contributed by atoms with E-state index >= 15 is 0 Å². The number of carbonyl (C=O) groups is 1. The van der Waals surface area contributed by atoms with Gasteiger partial charge in [0.2, 0.25) is 0 Å². The lowest BCUT2D eigenvalue weighted by Gasteiger charge is -2.07. The fourth-order valence-electron chi connectivity index (χ4n) is 2.83. The lowest BCUT2D eigenvalue weighted by atomic mass is 10.1. The van der Waals surface area contributed by atoms with Crippen LogP contribution < -0.4 is 5.32 Å². The molecule has 2 N–H and O–H groups in total. The summed E-state index contributed by atoms with van der Waals surface area (Å²) in [7, 11) is 0. The molecule has 0 aliphatic carbocycles. The third-order valence-corrected chi connectivity index (χ3v) is 3.99. The van der Waals surface area contributed by atoms with Gasteiger partial charge in [-0.25, -0.2) is 4.98 Å². The summed E-state index contributed by atoms with van der Waals surface area (Å²) in [6, 6.07) is 17.5. The number of pyridine rings is 1. The van der Waals surface area contributed by atoms with Gasteiger partial charge in [0.15, 0.2) is 0 Å². The van der Waals surface area contributed by atoms with Crippen molar-refractivity contribution in [1.29, 1.82) is 0 Å². The number of fused-ring (bicyclic) bond motifs is 2. The molecule has 1 amide bonds. The van der Waals surface area contributed by atoms with Crippen LogP contribution >= 0.6 is 0 Å². The van der Waals surface area contributed by atoms with Crippen LogP contribution in [0.3, 0.4) is 0 Å². The van der Waals surface area contributed by atoms with Crippen LogP contribution in [-0.2, 0) is 0 Å². The van der Waals surface area contributed by atoms with Crippen LogP contribution in [0.5, 0.6) is 0 Å². The minimum atomic E-state index is -0.205. The average Bonchev–Trinajstić information content (AvgIpc) is 2.98. The second kappa shape index (κ2) is 5.25. The zero-order chi connectivity index (χ0) is 15.8. The summed E-state index contributed by atoms with van der Waals surface area (Å²) < 4.78 is 0. The molecule has 0 fully saturated rings. The highest BCUT2D eigenvalue weighted by Gasteiger charge is 2.12. The van der Waals surface area contributed by atoms with Gasteiger partial charge in [0, 0.05) is 22.5 Å². The lowest BCUT2D eigenvalue weighted by Crippen LogP contribution is -2.13. The Balaban J connectivity index is 1.72. The van der Waals surface area contributed by atoms with Crippen molar-refractivity contribution < 1.29 is 4.79 Å². The molecule has 0 unspecified atom stereocenters. The molecule has 2 aromatic heterocycles. The third kappa shape index (κ3) is 2.34. The number of aromatic nitrogens is 2. The largest absolute Gasteiger partial charge is 0.359 e. The highest BCUT2D eigenvalue weighted by Crippen LogP contribution is 2.23. The molecule has 112 valence electrons. The Hall–Kier alpha value is -3.14. The molecule has 0 aliphatic rings. The summed E-state index contributed by atoms with van der Waals surface area (Å²) in [5.74, 6) is -0.205. The summed E-state index contributed by atoms with van der Waals surface area (Å²) in [6.45, 7) is 1.99. The van der Waals surface area contributed by atoms with E-state index in [1.165, 1.54) is 0 Å². The zero-order valence-electron chi connectivity index (χ0n) is 12.6. The smallest absolute Gasteiger partial charge is 0.274 e. The number of amides is 1. The summed E-state index contributed by atoms with van der Waals surface area (Å²) in [5.41, 5.74) is 4.05. The second-order valence-electron chi connectivity index (χ2n) is 5.54. The van der Waals surface area contributed by atoms with Gasteiger partial charge in [-0.1, -0.05) is 36.4 Å². The number of H-pyrrole nitrogens is 1. The van der Waals surface area contributed by atoms with Crippen molar-refractivity contribution in [3.8, 4) is 0 Å². The van der Waals surface area contributed by atoms with E-state index in [-0.39, 0.29) is 5.91 Å². The first-order valence-corrected chi connectivity index (χ1v) is 7.46. The van der Waals surface area contributed by atoms with Crippen molar-refractivity contribution in [3.05, 3.63) is 72.1 Å². The Kier molecular flexibility index (Phi) is 3.08. The first-order chi connectivity index (χ1) is 11.2. The minimum Gasteiger partial charge on any atom is -0.359 e. The molecule has 0 radical (unpaired) electrons. The number of anilines is 1. The number of hydrogen-bond donors (Lipinski definition) is 2. The Labute approximate surface area is 133 Å². The fourth-order valence-corrected chi connectivity index (χ4v) is 2.83. The molecule has 2 aromatic carbocycles. The summed E-state index contributed by atoms with van der Waals surface area (Å²) in [5, 5.41) is 4.99. The van der Waals surface area contributed by atoms with Crippen LogP contribution in [-0.4, -0.2) is 15.9 Å². The molecule has 4 rings (SSSR count). The maximum Gasteiger partial charge on any atom is 0.274 e. The van der Waals surface area contributed by atoms with Crippen LogP contribution in [0.1, 0.15) is 16.1 Å². The second-order valence-corrected chi connectivity index (χ2v) is 5.54. The first kappa shape index (κ1) is 13.5. The molecule has 0 saturated heterocycles. The summed E-state index contributed by atoms with van der Waals surface area (Å²) >= 11 is 0. The van der Waals surface area contributed by atoms with E-state index in [0.717, 1.165) is 33.1 Å². The van der Waals surface area contributed by atoms with Crippen molar-refractivity contribution >= 4 is 33.4 Å². The molecule has 23 heavy (non-hydrogen) atoms. The number of nitrogens with zero attached hydrogens (tertiary/aromatic N) is 1. The van der Waals surface area contributed by atoms with Gasteiger partial charge >= 0.3 is 0 Å². The number of aryl methyl sites for hydroxylation is 1. The maximum absolute atomic E-state index is 12.6. The summed E-state index contributed by atoms with van der Waals surface area (Å²) in [6.07, 6.45) is 1.80. The SMILES string of the molecule is Cc1cc(C(=O)Nc2c[nH]c3ccccc23)nc2ccccc12. The van der Waals surface area contributed by atoms with Gasteiger partial charge in [-0.3, -0.25) is 4.79 Å². The Bertz CT molecular complexity index is 1030. The highest BCUT2D eigenvalue weighted by molar-refractivity contribution is 6.09. The van der Waals surface area contributed by atoms with Crippen molar-refractivity contribution in [3.63, 3.8) is 0 Å². The van der Waals surface area contributed by atoms with E-state index in [2.05, 4.69) is 15.3 Å². The van der Waals surface area contributed by atoms with Gasteiger partial charge in [0.1, 0.15) is 5.69 Å². The number of rotatable bonds is 2. The maximum atomic E-state index is 12.6. The van der Waals surface area contributed by atoms with E-state index in [0.29, 0.717) is 5.69 Å². The molecule has 4 aromatic rings. The van der Waals surface area contributed by atoms with Crippen molar-refractivity contribution in [2.24, 2.45) is 0 Å². The van der Waals surface area contributed by atoms with Crippen LogP contribution in [0.4, 0.5) is 5.69 Å². The first-order valence-electron chi connectivity index (χ1n) is 7.46. The number of nitrogens with one attached hydrogen (secondary N) is 2. The number of benzene rings is 2. The van der Waals surface area contributed by atoms with Gasteiger partial charge < -0.3 is 10.3 Å². The van der Waals surface area contributed by atoms with Crippen LogP contribution in [0.25, 0.3) is 21.8 Å². The molecule has 4 heteroatoms.